The van der Waals surface area contributed by atoms with Crippen LogP contribution in [0.25, 0.3) is 0 Å². The molecule has 3 nitrogen and oxygen atoms in total. The lowest BCUT2D eigenvalue weighted by molar-refractivity contribution is 0.522. The molecular formula is C10H12ClN3S. The number of hydrogen-bond donors (Lipinski definition) is 1. The molecule has 0 amide bonds. The summed E-state index contributed by atoms with van der Waals surface area (Å²) >= 11 is 7.05. The third-order valence-corrected chi connectivity index (χ3v) is 4.27. The van der Waals surface area contributed by atoms with Gasteiger partial charge >= 0.3 is 0 Å². The molecule has 1 aliphatic carbocycles. The molecule has 0 bridgehead atoms. The number of hydrogen-bond acceptors (Lipinski definition) is 4. The Morgan fingerprint density at radius 3 is 2.93 bits per heavy atom. The average molecular weight is 242 g/mol. The zero-order valence-electron chi connectivity index (χ0n) is 8.51. The summed E-state index contributed by atoms with van der Waals surface area (Å²) in [5.74, 6) is 0. The summed E-state index contributed by atoms with van der Waals surface area (Å²) in [5.41, 5.74) is 0.942. The molecule has 0 radical (unpaired) electrons. The number of anilines is 1. The molecule has 0 aromatic carbocycles. The Kier molecular flexibility index (Phi) is 2.85. The summed E-state index contributed by atoms with van der Waals surface area (Å²) in [6.45, 7) is 3.14. The molecule has 1 N–H and O–H groups in total. The molecule has 0 spiro atoms. The topological polar surface area (TPSA) is 48.7 Å². The van der Waals surface area contributed by atoms with Crippen LogP contribution in [-0.2, 0) is 0 Å². The highest BCUT2D eigenvalue weighted by molar-refractivity contribution is 7.10. The summed E-state index contributed by atoms with van der Waals surface area (Å²) in [4.78, 5) is 0. The summed E-state index contributed by atoms with van der Waals surface area (Å²) in [6.07, 6.45) is 3.75. The fourth-order valence-corrected chi connectivity index (χ4v) is 2.52. The van der Waals surface area contributed by atoms with Crippen molar-refractivity contribution in [2.45, 2.75) is 26.2 Å². The van der Waals surface area contributed by atoms with Gasteiger partial charge in [-0.25, -0.2) is 0 Å². The van der Waals surface area contributed by atoms with Crippen molar-refractivity contribution in [3.63, 3.8) is 0 Å². The van der Waals surface area contributed by atoms with Gasteiger partial charge in [0.1, 0.15) is 16.6 Å². The summed E-state index contributed by atoms with van der Waals surface area (Å²) in [6, 6.07) is 2.07. The van der Waals surface area contributed by atoms with Crippen LogP contribution >= 0.6 is 23.1 Å². The Hall–Kier alpha value is -0.790. The van der Waals surface area contributed by atoms with Crippen molar-refractivity contribution in [1.29, 1.82) is 5.26 Å². The highest BCUT2D eigenvalue weighted by Crippen LogP contribution is 2.48. The minimum atomic E-state index is 0.311. The molecule has 1 saturated carbocycles. The normalized spacial score (nSPS) is 17.1. The third-order valence-electron chi connectivity index (χ3n) is 3.09. The predicted molar refractivity (Wildman–Crippen MR) is 62.3 cm³/mol. The van der Waals surface area contributed by atoms with Crippen LogP contribution in [0.1, 0.15) is 31.7 Å². The number of nitriles is 1. The van der Waals surface area contributed by atoms with Crippen molar-refractivity contribution >= 4 is 28.1 Å². The maximum Gasteiger partial charge on any atom is 0.162 e. The molecule has 0 aliphatic heterocycles. The van der Waals surface area contributed by atoms with E-state index >= 15 is 0 Å². The first-order valence-corrected chi connectivity index (χ1v) is 6.15. The first-order chi connectivity index (χ1) is 7.21. The van der Waals surface area contributed by atoms with Gasteiger partial charge in [-0.2, -0.15) is 9.64 Å². The number of nitrogens with one attached hydrogen (secondary N) is 1. The number of halogens is 1. The Morgan fingerprint density at radius 2 is 2.40 bits per heavy atom. The summed E-state index contributed by atoms with van der Waals surface area (Å²) in [7, 11) is 0. The average Bonchev–Trinajstić information content (AvgIpc) is 2.95. The van der Waals surface area contributed by atoms with E-state index in [4.69, 9.17) is 16.9 Å². The maximum absolute atomic E-state index is 8.88. The van der Waals surface area contributed by atoms with Crippen LogP contribution in [0.2, 0.25) is 5.15 Å². The van der Waals surface area contributed by atoms with Gasteiger partial charge in [0.2, 0.25) is 0 Å². The van der Waals surface area contributed by atoms with Crippen LogP contribution in [0.15, 0.2) is 0 Å². The molecule has 0 atom stereocenters. The zero-order chi connectivity index (χ0) is 10.9. The van der Waals surface area contributed by atoms with E-state index in [0.717, 1.165) is 11.5 Å². The molecule has 0 saturated heterocycles. The Morgan fingerprint density at radius 1 is 1.67 bits per heavy atom. The first kappa shape index (κ1) is 10.7. The monoisotopic (exact) mass is 241 g/mol. The summed E-state index contributed by atoms with van der Waals surface area (Å²) < 4.78 is 3.96. The van der Waals surface area contributed by atoms with Crippen LogP contribution in [0.3, 0.4) is 0 Å². The maximum atomic E-state index is 8.88. The standard InChI is InChI=1S/C10H12ClN3S/c1-2-10(3-4-10)6-13-9-7(5-12)8(11)14-15-9/h13H,2-4,6H2,1H3. The Balaban J connectivity index is 2.03. The van der Waals surface area contributed by atoms with Gasteiger partial charge < -0.3 is 5.32 Å². The lowest BCUT2D eigenvalue weighted by Crippen LogP contribution is -2.14. The van der Waals surface area contributed by atoms with E-state index in [9.17, 15) is 0 Å². The van der Waals surface area contributed by atoms with Gasteiger partial charge in [0.15, 0.2) is 5.15 Å². The lowest BCUT2D eigenvalue weighted by atomic mass is 10.0. The van der Waals surface area contributed by atoms with E-state index in [1.807, 2.05) is 0 Å². The SMILES string of the molecule is CCC1(CNc2snc(Cl)c2C#N)CC1. The van der Waals surface area contributed by atoms with Crippen LogP contribution in [0.5, 0.6) is 0 Å². The molecule has 0 unspecified atom stereocenters. The molecule has 15 heavy (non-hydrogen) atoms. The van der Waals surface area contributed by atoms with Crippen molar-refractivity contribution < 1.29 is 0 Å². The zero-order valence-corrected chi connectivity index (χ0v) is 10.1. The van der Waals surface area contributed by atoms with E-state index in [1.165, 1.54) is 30.8 Å². The molecule has 1 aromatic heterocycles. The largest absolute Gasteiger partial charge is 0.374 e. The number of rotatable bonds is 4. The van der Waals surface area contributed by atoms with Gasteiger partial charge in [0.05, 0.1) is 0 Å². The van der Waals surface area contributed by atoms with Gasteiger partial charge in [-0.1, -0.05) is 18.5 Å². The van der Waals surface area contributed by atoms with E-state index < -0.39 is 0 Å². The smallest absolute Gasteiger partial charge is 0.162 e. The van der Waals surface area contributed by atoms with E-state index in [-0.39, 0.29) is 0 Å². The molecule has 5 heteroatoms. The predicted octanol–water partition coefficient (Wildman–Crippen LogP) is 3.27. The third kappa shape index (κ3) is 2.09. The van der Waals surface area contributed by atoms with Crippen LogP contribution in [-0.4, -0.2) is 10.9 Å². The number of nitrogens with zero attached hydrogens (tertiary/aromatic N) is 2. The quantitative estimate of drug-likeness (QED) is 0.880. The minimum absolute atomic E-state index is 0.311. The molecule has 1 heterocycles. The highest BCUT2D eigenvalue weighted by atomic mass is 35.5. The van der Waals surface area contributed by atoms with Gasteiger partial charge in [0, 0.05) is 6.54 Å². The van der Waals surface area contributed by atoms with Gasteiger partial charge in [-0.3, -0.25) is 0 Å². The molecule has 80 valence electrons. The highest BCUT2D eigenvalue weighted by Gasteiger charge is 2.40. The van der Waals surface area contributed by atoms with Crippen molar-refractivity contribution in [2.75, 3.05) is 11.9 Å². The van der Waals surface area contributed by atoms with Crippen LogP contribution < -0.4 is 5.32 Å². The van der Waals surface area contributed by atoms with Gasteiger partial charge in [-0.15, -0.1) is 0 Å². The summed E-state index contributed by atoms with van der Waals surface area (Å²) in [5, 5.41) is 13.3. The second kappa shape index (κ2) is 3.99. The fourth-order valence-electron chi connectivity index (χ4n) is 1.59. The molecule has 1 aliphatic rings. The van der Waals surface area contributed by atoms with E-state index in [0.29, 0.717) is 16.1 Å². The molecule has 1 fully saturated rings. The van der Waals surface area contributed by atoms with Gasteiger partial charge in [-0.05, 0) is 36.2 Å². The van der Waals surface area contributed by atoms with Crippen LogP contribution in [0.4, 0.5) is 5.00 Å². The molecule has 2 rings (SSSR count). The first-order valence-electron chi connectivity index (χ1n) is 5.00. The second-order valence-electron chi connectivity index (χ2n) is 4.00. The van der Waals surface area contributed by atoms with Crippen molar-refractivity contribution in [3.8, 4) is 6.07 Å². The molecule has 1 aromatic rings. The minimum Gasteiger partial charge on any atom is -0.374 e. The van der Waals surface area contributed by atoms with Crippen LogP contribution in [0, 0.1) is 16.7 Å². The van der Waals surface area contributed by atoms with Crippen molar-refractivity contribution in [3.05, 3.63) is 10.7 Å². The van der Waals surface area contributed by atoms with E-state index in [1.54, 1.807) is 0 Å². The second-order valence-corrected chi connectivity index (χ2v) is 5.13. The number of aromatic nitrogens is 1. The fraction of sp³-hybridized carbons (Fsp3) is 0.600. The Bertz CT molecular complexity index is 403. The van der Waals surface area contributed by atoms with Gasteiger partial charge in [0.25, 0.3) is 0 Å². The van der Waals surface area contributed by atoms with Crippen molar-refractivity contribution in [1.82, 2.24) is 4.37 Å². The Labute approximate surface area is 98.2 Å². The van der Waals surface area contributed by atoms with Crippen molar-refractivity contribution in [2.24, 2.45) is 5.41 Å². The molecular weight excluding hydrogens is 230 g/mol. The van der Waals surface area contributed by atoms with E-state index in [2.05, 4.69) is 22.7 Å². The lowest BCUT2D eigenvalue weighted by Gasteiger charge is -2.12.